The van der Waals surface area contributed by atoms with E-state index in [0.717, 1.165) is 5.56 Å². The van der Waals surface area contributed by atoms with Gasteiger partial charge in [0.05, 0.1) is 11.3 Å². The predicted molar refractivity (Wildman–Crippen MR) is 142 cm³/mol. The molecule has 0 saturated carbocycles. The van der Waals surface area contributed by atoms with Gasteiger partial charge in [-0.25, -0.2) is 18.6 Å². The van der Waals surface area contributed by atoms with Gasteiger partial charge in [0.2, 0.25) is 0 Å². The van der Waals surface area contributed by atoms with Gasteiger partial charge in [0.1, 0.15) is 29.5 Å². The Kier molecular flexibility index (Phi) is 9.47. The summed E-state index contributed by atoms with van der Waals surface area (Å²) in [6.07, 6.45) is 1.67. The van der Waals surface area contributed by atoms with Gasteiger partial charge in [-0.15, -0.1) is 0 Å². The molecule has 10 heteroatoms. The molecule has 0 spiro atoms. The highest BCUT2D eigenvalue weighted by molar-refractivity contribution is 5.95. The summed E-state index contributed by atoms with van der Waals surface area (Å²) in [5.41, 5.74) is 0.492. The van der Waals surface area contributed by atoms with Gasteiger partial charge in [-0.05, 0) is 78.6 Å². The van der Waals surface area contributed by atoms with Crippen LogP contribution in [0.5, 0.6) is 5.75 Å². The molecule has 0 bridgehead atoms. The normalized spacial score (nSPS) is 11.6. The van der Waals surface area contributed by atoms with Gasteiger partial charge < -0.3 is 20.1 Å². The first-order chi connectivity index (χ1) is 17.2. The highest BCUT2D eigenvalue weighted by Crippen LogP contribution is 2.26. The molecule has 0 unspecified atom stereocenters. The molecule has 8 nitrogen and oxygen atoms in total. The molecule has 2 aromatic heterocycles. The number of rotatable bonds is 8. The Hall–Kier alpha value is -3.69. The number of nitrogens with zero attached hydrogens (tertiary/aromatic N) is 2. The van der Waals surface area contributed by atoms with Crippen LogP contribution in [-0.4, -0.2) is 39.1 Å². The maximum Gasteiger partial charge on any atom is 0.408 e. The molecule has 0 aliphatic carbocycles. The van der Waals surface area contributed by atoms with Crippen molar-refractivity contribution in [2.45, 2.75) is 80.1 Å². The first-order valence-corrected chi connectivity index (χ1v) is 12.0. The zero-order chi connectivity index (χ0) is 27.5. The molecule has 3 aromatic rings. The van der Waals surface area contributed by atoms with Crippen LogP contribution in [0.4, 0.5) is 13.6 Å². The van der Waals surface area contributed by atoms with Crippen molar-refractivity contribution in [3.05, 3.63) is 64.6 Å². The number of fused-ring (bicyclic) bond motifs is 1. The summed E-state index contributed by atoms with van der Waals surface area (Å²) in [4.78, 5) is 29.7. The molecule has 208 valence electrons. The Balaban J connectivity index is 0.00000507. The number of hydrogen-bond acceptors (Lipinski definition) is 5. The van der Waals surface area contributed by atoms with E-state index in [1.165, 1.54) is 18.2 Å². The lowest BCUT2D eigenvalue weighted by Gasteiger charge is -2.28. The number of benzene rings is 1. The van der Waals surface area contributed by atoms with E-state index in [9.17, 15) is 18.4 Å². The molecule has 0 saturated heterocycles. The zero-order valence-corrected chi connectivity index (χ0v) is 22.3. The van der Waals surface area contributed by atoms with Crippen molar-refractivity contribution >= 4 is 17.6 Å². The van der Waals surface area contributed by atoms with Gasteiger partial charge in [-0.2, -0.15) is 0 Å². The average molecular weight is 533 g/mol. The summed E-state index contributed by atoms with van der Waals surface area (Å²) in [5.74, 6) is -1.46. The number of pyridine rings is 1. The molecule has 0 aliphatic rings. The van der Waals surface area contributed by atoms with Crippen LogP contribution in [0.15, 0.2) is 30.5 Å². The fourth-order valence-corrected chi connectivity index (χ4v) is 3.77. The second-order valence-corrected chi connectivity index (χ2v) is 10.6. The van der Waals surface area contributed by atoms with Crippen LogP contribution in [0.1, 0.15) is 75.8 Å². The standard InChI is InChI=1S/C27H34F2N4O4.CH4/c1-16-13-21(36-15-18-19(28)9-8-10-20(18)29)23-31-17(2)22(33(23)14-16)24(34)30-12-11-27(6,7)32-25(35)37-26(3,4)5;/h8-10,13-14H,11-12,15H2,1-7H3,(H,30,34)(H,32,35);1H4. The zero-order valence-electron chi connectivity index (χ0n) is 22.3. The smallest absolute Gasteiger partial charge is 0.408 e. The number of aryl methyl sites for hydroxylation is 2. The molecule has 1 aromatic carbocycles. The molecule has 38 heavy (non-hydrogen) atoms. The first-order valence-electron chi connectivity index (χ1n) is 12.0. The summed E-state index contributed by atoms with van der Waals surface area (Å²) >= 11 is 0. The molecule has 0 aliphatic heterocycles. The van der Waals surface area contributed by atoms with E-state index in [-0.39, 0.29) is 32.0 Å². The van der Waals surface area contributed by atoms with Crippen LogP contribution in [0.3, 0.4) is 0 Å². The molecule has 3 rings (SSSR count). The largest absolute Gasteiger partial charge is 0.485 e. The third-order valence-electron chi connectivity index (χ3n) is 5.52. The maximum absolute atomic E-state index is 14.0. The topological polar surface area (TPSA) is 94.0 Å². The molecular weight excluding hydrogens is 494 g/mol. The molecular formula is C28H38F2N4O4. The summed E-state index contributed by atoms with van der Waals surface area (Å²) < 4.78 is 40.7. The number of aromatic nitrogens is 2. The number of carbonyl (C=O) groups excluding carboxylic acids is 2. The van der Waals surface area contributed by atoms with Gasteiger partial charge in [0.15, 0.2) is 11.4 Å². The number of imidazole rings is 1. The van der Waals surface area contributed by atoms with Crippen molar-refractivity contribution in [2.75, 3.05) is 6.54 Å². The van der Waals surface area contributed by atoms with Crippen molar-refractivity contribution in [3.8, 4) is 5.75 Å². The quantitative estimate of drug-likeness (QED) is 0.379. The van der Waals surface area contributed by atoms with E-state index < -0.39 is 28.9 Å². The number of nitrogens with one attached hydrogen (secondary N) is 2. The Morgan fingerprint density at radius 2 is 1.71 bits per heavy atom. The SMILES string of the molecule is C.Cc1cc(OCc2c(F)cccc2F)c2nc(C)c(C(=O)NCCC(C)(C)NC(=O)OC(C)(C)C)n2c1. The number of carbonyl (C=O) groups is 2. The second kappa shape index (κ2) is 11.8. The molecule has 0 radical (unpaired) electrons. The van der Waals surface area contributed by atoms with Gasteiger partial charge >= 0.3 is 6.09 Å². The highest BCUT2D eigenvalue weighted by Gasteiger charge is 2.25. The molecule has 2 amide bonds. The Morgan fingerprint density at radius 3 is 2.32 bits per heavy atom. The van der Waals surface area contributed by atoms with Crippen molar-refractivity contribution in [1.29, 1.82) is 0 Å². The van der Waals surface area contributed by atoms with Crippen LogP contribution in [0.2, 0.25) is 0 Å². The molecule has 2 N–H and O–H groups in total. The molecule has 0 fully saturated rings. The maximum atomic E-state index is 14.0. The molecule has 2 heterocycles. The molecule has 0 atom stereocenters. The lowest BCUT2D eigenvalue weighted by atomic mass is 10.0. The highest BCUT2D eigenvalue weighted by atomic mass is 19.1. The lowest BCUT2D eigenvalue weighted by Crippen LogP contribution is -2.47. The van der Waals surface area contributed by atoms with Crippen LogP contribution < -0.4 is 15.4 Å². The number of amides is 2. The van der Waals surface area contributed by atoms with E-state index in [1.807, 2.05) is 20.8 Å². The monoisotopic (exact) mass is 532 g/mol. The average Bonchev–Trinajstić information content (AvgIpc) is 3.06. The third-order valence-corrected chi connectivity index (χ3v) is 5.52. The fourth-order valence-electron chi connectivity index (χ4n) is 3.77. The summed E-state index contributed by atoms with van der Waals surface area (Å²) in [5, 5.41) is 5.69. The summed E-state index contributed by atoms with van der Waals surface area (Å²) in [7, 11) is 0. The Bertz CT molecular complexity index is 1290. The van der Waals surface area contributed by atoms with E-state index in [4.69, 9.17) is 9.47 Å². The number of halogens is 2. The number of ether oxygens (including phenoxy) is 2. The van der Waals surface area contributed by atoms with Crippen molar-refractivity contribution in [3.63, 3.8) is 0 Å². The van der Waals surface area contributed by atoms with Crippen LogP contribution in [0, 0.1) is 25.5 Å². The van der Waals surface area contributed by atoms with E-state index >= 15 is 0 Å². The minimum atomic E-state index is -0.702. The van der Waals surface area contributed by atoms with Crippen molar-refractivity contribution < 1.29 is 27.8 Å². The van der Waals surface area contributed by atoms with Crippen LogP contribution >= 0.6 is 0 Å². The van der Waals surface area contributed by atoms with Crippen LogP contribution in [0.25, 0.3) is 5.65 Å². The number of alkyl carbamates (subject to hydrolysis) is 1. The minimum Gasteiger partial charge on any atom is -0.485 e. The fraction of sp³-hybridized carbons (Fsp3) is 0.464. The Labute approximate surface area is 222 Å². The third kappa shape index (κ3) is 7.66. The Morgan fingerprint density at radius 1 is 1.08 bits per heavy atom. The van der Waals surface area contributed by atoms with E-state index in [0.29, 0.717) is 29.2 Å². The van der Waals surface area contributed by atoms with Gasteiger partial charge in [0.25, 0.3) is 5.91 Å². The van der Waals surface area contributed by atoms with Crippen molar-refractivity contribution in [2.24, 2.45) is 0 Å². The number of hydrogen-bond donors (Lipinski definition) is 2. The first kappa shape index (κ1) is 30.5. The predicted octanol–water partition coefficient (Wildman–Crippen LogP) is 5.87. The van der Waals surface area contributed by atoms with E-state index in [1.54, 1.807) is 44.4 Å². The lowest BCUT2D eigenvalue weighted by molar-refractivity contribution is 0.0468. The summed E-state index contributed by atoms with van der Waals surface area (Å²) in [6.45, 7) is 12.5. The minimum absolute atomic E-state index is 0. The summed E-state index contributed by atoms with van der Waals surface area (Å²) in [6, 6.07) is 5.32. The van der Waals surface area contributed by atoms with Gasteiger partial charge in [-0.1, -0.05) is 13.5 Å². The van der Waals surface area contributed by atoms with E-state index in [2.05, 4.69) is 15.6 Å². The van der Waals surface area contributed by atoms with Crippen LogP contribution in [-0.2, 0) is 11.3 Å². The second-order valence-electron chi connectivity index (χ2n) is 10.6. The van der Waals surface area contributed by atoms with Gasteiger partial charge in [0, 0.05) is 18.3 Å². The van der Waals surface area contributed by atoms with Crippen molar-refractivity contribution in [1.82, 2.24) is 20.0 Å². The van der Waals surface area contributed by atoms with Gasteiger partial charge in [-0.3, -0.25) is 9.20 Å².